The lowest BCUT2D eigenvalue weighted by Crippen LogP contribution is -2.08. The van der Waals surface area contributed by atoms with Gasteiger partial charge in [0.1, 0.15) is 23.9 Å². The zero-order valence-corrected chi connectivity index (χ0v) is 10.7. The lowest BCUT2D eigenvalue weighted by atomic mass is 10.3. The third-order valence-electron chi connectivity index (χ3n) is 2.31. The van der Waals surface area contributed by atoms with Crippen molar-refractivity contribution in [2.24, 2.45) is 0 Å². The Morgan fingerprint density at radius 2 is 2.22 bits per heavy atom. The minimum atomic E-state index is -0.0666. The molecule has 2 heterocycles. The molecule has 0 bridgehead atoms. The van der Waals surface area contributed by atoms with E-state index in [-0.39, 0.29) is 6.04 Å². The van der Waals surface area contributed by atoms with Gasteiger partial charge < -0.3 is 14.5 Å². The minimum Gasteiger partial charge on any atom is -0.478 e. The van der Waals surface area contributed by atoms with Crippen LogP contribution >= 0.6 is 0 Å². The standard InChI is InChI=1S/C12H16N4O2/c1-4-17-11-5-10(14-7-15-11)16-9(3)12-13-6-8(2)18-12/h5-7,9H,4H2,1-3H3,(H,14,15,16). The first-order valence-corrected chi connectivity index (χ1v) is 5.82. The van der Waals surface area contributed by atoms with E-state index in [1.54, 1.807) is 12.3 Å². The molecular weight excluding hydrogens is 232 g/mol. The summed E-state index contributed by atoms with van der Waals surface area (Å²) in [4.78, 5) is 12.3. The Kier molecular flexibility index (Phi) is 3.76. The Labute approximate surface area is 105 Å². The summed E-state index contributed by atoms with van der Waals surface area (Å²) >= 11 is 0. The number of hydrogen-bond acceptors (Lipinski definition) is 6. The number of hydrogen-bond donors (Lipinski definition) is 1. The van der Waals surface area contributed by atoms with E-state index in [2.05, 4.69) is 20.3 Å². The van der Waals surface area contributed by atoms with Gasteiger partial charge in [-0.3, -0.25) is 0 Å². The molecule has 2 aromatic rings. The van der Waals surface area contributed by atoms with E-state index in [1.807, 2.05) is 20.8 Å². The van der Waals surface area contributed by atoms with Crippen LogP contribution in [0.25, 0.3) is 0 Å². The van der Waals surface area contributed by atoms with Crippen LogP contribution in [0.5, 0.6) is 5.88 Å². The molecule has 2 rings (SSSR count). The summed E-state index contributed by atoms with van der Waals surface area (Å²) in [5, 5.41) is 3.18. The minimum absolute atomic E-state index is 0.0666. The molecule has 0 spiro atoms. The molecule has 0 aliphatic heterocycles. The van der Waals surface area contributed by atoms with E-state index >= 15 is 0 Å². The van der Waals surface area contributed by atoms with Gasteiger partial charge in [0.15, 0.2) is 0 Å². The molecule has 0 saturated heterocycles. The molecule has 1 atom stereocenters. The van der Waals surface area contributed by atoms with Crippen molar-refractivity contribution in [1.29, 1.82) is 0 Å². The van der Waals surface area contributed by atoms with Crippen molar-refractivity contribution in [3.63, 3.8) is 0 Å². The van der Waals surface area contributed by atoms with Gasteiger partial charge in [-0.2, -0.15) is 0 Å². The molecule has 6 heteroatoms. The van der Waals surface area contributed by atoms with Crippen molar-refractivity contribution in [3.05, 3.63) is 30.2 Å². The molecule has 0 fully saturated rings. The molecule has 0 radical (unpaired) electrons. The third-order valence-corrected chi connectivity index (χ3v) is 2.31. The Hall–Kier alpha value is -2.11. The second-order valence-electron chi connectivity index (χ2n) is 3.85. The molecule has 0 saturated carbocycles. The molecule has 6 nitrogen and oxygen atoms in total. The van der Waals surface area contributed by atoms with Gasteiger partial charge in [-0.1, -0.05) is 0 Å². The maximum absolute atomic E-state index is 5.45. The van der Waals surface area contributed by atoms with Crippen molar-refractivity contribution in [2.75, 3.05) is 11.9 Å². The van der Waals surface area contributed by atoms with Gasteiger partial charge in [-0.05, 0) is 20.8 Å². The summed E-state index contributed by atoms with van der Waals surface area (Å²) in [6, 6.07) is 1.68. The topological polar surface area (TPSA) is 73.1 Å². The van der Waals surface area contributed by atoms with E-state index < -0.39 is 0 Å². The maximum Gasteiger partial charge on any atom is 0.218 e. The highest BCUT2D eigenvalue weighted by atomic mass is 16.5. The maximum atomic E-state index is 5.45. The highest BCUT2D eigenvalue weighted by molar-refractivity contribution is 5.38. The van der Waals surface area contributed by atoms with Crippen LogP contribution in [0.4, 0.5) is 5.82 Å². The monoisotopic (exact) mass is 248 g/mol. The molecule has 0 aliphatic rings. The van der Waals surface area contributed by atoms with Gasteiger partial charge in [0.2, 0.25) is 11.8 Å². The highest BCUT2D eigenvalue weighted by Gasteiger charge is 2.12. The van der Waals surface area contributed by atoms with E-state index in [0.29, 0.717) is 24.2 Å². The van der Waals surface area contributed by atoms with Crippen molar-refractivity contribution in [3.8, 4) is 5.88 Å². The predicted octanol–water partition coefficient (Wildman–Crippen LogP) is 2.34. The zero-order chi connectivity index (χ0) is 13.0. The van der Waals surface area contributed by atoms with Crippen LogP contribution in [-0.2, 0) is 0 Å². The Morgan fingerprint density at radius 3 is 2.89 bits per heavy atom. The fourth-order valence-corrected chi connectivity index (χ4v) is 1.50. The molecule has 18 heavy (non-hydrogen) atoms. The Balaban J connectivity index is 2.06. The molecule has 0 aromatic carbocycles. The second kappa shape index (κ2) is 5.48. The first-order valence-electron chi connectivity index (χ1n) is 5.82. The second-order valence-corrected chi connectivity index (χ2v) is 3.85. The fraction of sp³-hybridized carbons (Fsp3) is 0.417. The number of rotatable bonds is 5. The molecule has 1 unspecified atom stereocenters. The average Bonchev–Trinajstić information content (AvgIpc) is 2.77. The van der Waals surface area contributed by atoms with Gasteiger partial charge >= 0.3 is 0 Å². The van der Waals surface area contributed by atoms with Crippen molar-refractivity contribution in [1.82, 2.24) is 15.0 Å². The summed E-state index contributed by atoms with van der Waals surface area (Å²) < 4.78 is 10.8. The first kappa shape index (κ1) is 12.3. The molecular formula is C12H16N4O2. The first-order chi connectivity index (χ1) is 8.69. The number of aromatic nitrogens is 3. The van der Waals surface area contributed by atoms with Crippen LogP contribution < -0.4 is 10.1 Å². The van der Waals surface area contributed by atoms with Gasteiger partial charge in [0.25, 0.3) is 0 Å². The van der Waals surface area contributed by atoms with E-state index in [9.17, 15) is 0 Å². The van der Waals surface area contributed by atoms with Crippen LogP contribution in [0, 0.1) is 6.92 Å². The van der Waals surface area contributed by atoms with Crippen LogP contribution in [0.15, 0.2) is 23.0 Å². The van der Waals surface area contributed by atoms with E-state index in [1.165, 1.54) is 6.33 Å². The molecule has 1 N–H and O–H groups in total. The number of nitrogens with zero attached hydrogens (tertiary/aromatic N) is 3. The van der Waals surface area contributed by atoms with Crippen LogP contribution in [0.2, 0.25) is 0 Å². The van der Waals surface area contributed by atoms with Crippen LogP contribution in [0.3, 0.4) is 0 Å². The molecule has 96 valence electrons. The fourth-order valence-electron chi connectivity index (χ4n) is 1.50. The average molecular weight is 248 g/mol. The summed E-state index contributed by atoms with van der Waals surface area (Å²) in [5.74, 6) is 2.64. The molecule has 0 aliphatic carbocycles. The number of oxazole rings is 1. The summed E-state index contributed by atoms with van der Waals surface area (Å²) in [5.41, 5.74) is 0. The van der Waals surface area contributed by atoms with Crippen LogP contribution in [0.1, 0.15) is 31.5 Å². The van der Waals surface area contributed by atoms with E-state index in [4.69, 9.17) is 9.15 Å². The van der Waals surface area contributed by atoms with Gasteiger partial charge in [-0.15, -0.1) is 0 Å². The van der Waals surface area contributed by atoms with Gasteiger partial charge in [0, 0.05) is 6.07 Å². The van der Waals surface area contributed by atoms with Crippen molar-refractivity contribution < 1.29 is 9.15 Å². The number of aryl methyl sites for hydroxylation is 1. The normalized spacial score (nSPS) is 12.2. The largest absolute Gasteiger partial charge is 0.478 e. The molecule has 2 aromatic heterocycles. The van der Waals surface area contributed by atoms with Crippen molar-refractivity contribution in [2.45, 2.75) is 26.8 Å². The van der Waals surface area contributed by atoms with Gasteiger partial charge in [0.05, 0.1) is 12.8 Å². The summed E-state index contributed by atoms with van der Waals surface area (Å²) in [6.07, 6.45) is 3.15. The SMILES string of the molecule is CCOc1cc(NC(C)c2ncc(C)o2)ncn1. The predicted molar refractivity (Wildman–Crippen MR) is 66.5 cm³/mol. The lowest BCUT2D eigenvalue weighted by Gasteiger charge is -2.11. The Bertz CT molecular complexity index is 512. The molecule has 0 amide bonds. The summed E-state index contributed by atoms with van der Waals surface area (Å²) in [6.45, 7) is 6.30. The summed E-state index contributed by atoms with van der Waals surface area (Å²) in [7, 11) is 0. The number of nitrogens with one attached hydrogen (secondary N) is 1. The highest BCUT2D eigenvalue weighted by Crippen LogP contribution is 2.19. The quantitative estimate of drug-likeness (QED) is 0.875. The third kappa shape index (κ3) is 2.97. The van der Waals surface area contributed by atoms with Gasteiger partial charge in [-0.25, -0.2) is 15.0 Å². The van der Waals surface area contributed by atoms with Crippen molar-refractivity contribution >= 4 is 5.82 Å². The number of anilines is 1. The van der Waals surface area contributed by atoms with Crippen LogP contribution in [-0.4, -0.2) is 21.6 Å². The number of ether oxygens (including phenoxy) is 1. The van der Waals surface area contributed by atoms with E-state index in [0.717, 1.165) is 5.76 Å². The Morgan fingerprint density at radius 1 is 1.39 bits per heavy atom. The smallest absolute Gasteiger partial charge is 0.218 e. The zero-order valence-electron chi connectivity index (χ0n) is 10.7. The lowest BCUT2D eigenvalue weighted by molar-refractivity contribution is 0.326.